The van der Waals surface area contributed by atoms with Gasteiger partial charge in [-0.2, -0.15) is 0 Å². The monoisotopic (exact) mass is 301 g/mol. The van der Waals surface area contributed by atoms with E-state index in [2.05, 4.69) is 15.0 Å². The summed E-state index contributed by atoms with van der Waals surface area (Å²) >= 11 is 1.42. The Kier molecular flexibility index (Phi) is 4.70. The highest BCUT2D eigenvalue weighted by molar-refractivity contribution is 7.89. The molecule has 2 heterocycles. The van der Waals surface area contributed by atoms with Gasteiger partial charge >= 0.3 is 0 Å². The fourth-order valence-corrected chi connectivity index (χ4v) is 2.91. The molecular weight excluding hydrogens is 286 g/mol. The standard InChI is InChI=1S/C11H15N3O3S2/c1-2-12-6-10-3-4-11(17-10)19(15,16)14-5-9-7-18-8-13-9/h3-4,7-8,12,14H,2,5-6H2,1H3. The van der Waals surface area contributed by atoms with Crippen LogP contribution in [0, 0.1) is 0 Å². The summed E-state index contributed by atoms with van der Waals surface area (Å²) in [5, 5.41) is 4.79. The highest BCUT2D eigenvalue weighted by Crippen LogP contribution is 2.14. The zero-order valence-corrected chi connectivity index (χ0v) is 12.1. The van der Waals surface area contributed by atoms with Crippen LogP contribution in [0.3, 0.4) is 0 Å². The summed E-state index contributed by atoms with van der Waals surface area (Å²) in [6.45, 7) is 3.44. The van der Waals surface area contributed by atoms with Crippen LogP contribution >= 0.6 is 11.3 Å². The number of furan rings is 1. The molecule has 0 saturated heterocycles. The fourth-order valence-electron chi connectivity index (χ4n) is 1.41. The van der Waals surface area contributed by atoms with Gasteiger partial charge in [-0.05, 0) is 18.7 Å². The SMILES string of the molecule is CCNCc1ccc(S(=O)(=O)NCc2cscn2)o1. The predicted octanol–water partition coefficient (Wildman–Crippen LogP) is 1.32. The second-order valence-electron chi connectivity index (χ2n) is 3.81. The lowest BCUT2D eigenvalue weighted by Crippen LogP contribution is -2.23. The maximum Gasteiger partial charge on any atom is 0.274 e. The number of aromatic nitrogens is 1. The van der Waals surface area contributed by atoms with E-state index in [0.717, 1.165) is 6.54 Å². The van der Waals surface area contributed by atoms with Crippen LogP contribution in [0.15, 0.2) is 32.5 Å². The molecule has 2 N–H and O–H groups in total. The molecule has 8 heteroatoms. The Labute approximate surface area is 115 Å². The third-order valence-corrected chi connectivity index (χ3v) is 4.29. The van der Waals surface area contributed by atoms with Crippen LogP contribution in [0.2, 0.25) is 0 Å². The predicted molar refractivity (Wildman–Crippen MR) is 72.2 cm³/mol. The van der Waals surface area contributed by atoms with E-state index in [1.807, 2.05) is 6.92 Å². The molecular formula is C11H15N3O3S2. The fraction of sp³-hybridized carbons (Fsp3) is 0.364. The third-order valence-electron chi connectivity index (χ3n) is 2.38. The van der Waals surface area contributed by atoms with Crippen LogP contribution in [0.4, 0.5) is 0 Å². The van der Waals surface area contributed by atoms with Crippen LogP contribution in [0.1, 0.15) is 18.4 Å². The lowest BCUT2D eigenvalue weighted by molar-refractivity contribution is 0.401. The van der Waals surface area contributed by atoms with Crippen molar-refractivity contribution in [2.45, 2.75) is 25.1 Å². The van der Waals surface area contributed by atoms with Crippen LogP contribution in [0.5, 0.6) is 0 Å². The minimum atomic E-state index is -3.62. The first-order valence-electron chi connectivity index (χ1n) is 5.78. The smallest absolute Gasteiger partial charge is 0.274 e. The molecule has 0 atom stereocenters. The zero-order valence-electron chi connectivity index (χ0n) is 10.4. The van der Waals surface area contributed by atoms with Gasteiger partial charge in [0.25, 0.3) is 10.0 Å². The van der Waals surface area contributed by atoms with E-state index in [-0.39, 0.29) is 11.6 Å². The molecule has 19 heavy (non-hydrogen) atoms. The molecule has 0 bridgehead atoms. The highest BCUT2D eigenvalue weighted by atomic mass is 32.2. The number of rotatable bonds is 7. The minimum absolute atomic E-state index is 0.0735. The van der Waals surface area contributed by atoms with E-state index in [4.69, 9.17) is 4.42 Å². The van der Waals surface area contributed by atoms with E-state index in [9.17, 15) is 8.42 Å². The molecule has 0 aliphatic carbocycles. The van der Waals surface area contributed by atoms with Crippen molar-refractivity contribution >= 4 is 21.4 Å². The van der Waals surface area contributed by atoms with Crippen molar-refractivity contribution in [2.75, 3.05) is 6.54 Å². The summed E-state index contributed by atoms with van der Waals surface area (Å²) in [6.07, 6.45) is 0. The van der Waals surface area contributed by atoms with Crippen molar-refractivity contribution in [1.82, 2.24) is 15.0 Å². The Hall–Kier alpha value is -1.22. The van der Waals surface area contributed by atoms with Gasteiger partial charge in [-0.1, -0.05) is 6.92 Å². The van der Waals surface area contributed by atoms with Crippen molar-refractivity contribution < 1.29 is 12.8 Å². The second kappa shape index (κ2) is 6.29. The molecule has 0 aliphatic rings. The molecule has 2 aromatic heterocycles. The molecule has 0 spiro atoms. The largest absolute Gasteiger partial charge is 0.447 e. The van der Waals surface area contributed by atoms with Gasteiger partial charge in [0.15, 0.2) is 0 Å². The summed E-state index contributed by atoms with van der Waals surface area (Å²) in [4.78, 5) is 4.01. The van der Waals surface area contributed by atoms with E-state index < -0.39 is 10.0 Å². The topological polar surface area (TPSA) is 84.2 Å². The molecule has 0 saturated carbocycles. The van der Waals surface area contributed by atoms with Crippen molar-refractivity contribution in [3.8, 4) is 0 Å². The second-order valence-corrected chi connectivity index (χ2v) is 6.22. The third kappa shape index (κ3) is 3.87. The van der Waals surface area contributed by atoms with Gasteiger partial charge in [0.1, 0.15) is 5.76 Å². The number of thiazole rings is 1. The Morgan fingerprint density at radius 1 is 1.37 bits per heavy atom. The first-order valence-corrected chi connectivity index (χ1v) is 8.20. The number of nitrogens with zero attached hydrogens (tertiary/aromatic N) is 1. The van der Waals surface area contributed by atoms with E-state index in [1.165, 1.54) is 17.4 Å². The number of sulfonamides is 1. The molecule has 2 aromatic rings. The molecule has 6 nitrogen and oxygen atoms in total. The van der Waals surface area contributed by atoms with E-state index in [0.29, 0.717) is 18.0 Å². The Morgan fingerprint density at radius 2 is 2.21 bits per heavy atom. The zero-order chi connectivity index (χ0) is 13.7. The summed E-state index contributed by atoms with van der Waals surface area (Å²) in [5.41, 5.74) is 2.35. The summed E-state index contributed by atoms with van der Waals surface area (Å²) in [5.74, 6) is 0.593. The highest BCUT2D eigenvalue weighted by Gasteiger charge is 2.18. The maximum atomic E-state index is 12.0. The summed E-state index contributed by atoms with van der Waals surface area (Å²) in [7, 11) is -3.62. The van der Waals surface area contributed by atoms with Gasteiger partial charge in [-0.25, -0.2) is 18.1 Å². The van der Waals surface area contributed by atoms with Gasteiger partial charge in [-0.3, -0.25) is 0 Å². The Balaban J connectivity index is 2.00. The van der Waals surface area contributed by atoms with Gasteiger partial charge < -0.3 is 9.73 Å². The number of hydrogen-bond acceptors (Lipinski definition) is 6. The number of nitrogens with one attached hydrogen (secondary N) is 2. The molecule has 0 aliphatic heterocycles. The molecule has 104 valence electrons. The van der Waals surface area contributed by atoms with Crippen LogP contribution in [0.25, 0.3) is 0 Å². The van der Waals surface area contributed by atoms with Crippen LogP contribution < -0.4 is 10.0 Å². The molecule has 2 rings (SSSR count). The van der Waals surface area contributed by atoms with E-state index in [1.54, 1.807) is 17.0 Å². The average Bonchev–Trinajstić information content (AvgIpc) is 3.05. The number of hydrogen-bond donors (Lipinski definition) is 2. The van der Waals surface area contributed by atoms with Crippen molar-refractivity contribution in [1.29, 1.82) is 0 Å². The first kappa shape index (κ1) is 14.2. The minimum Gasteiger partial charge on any atom is -0.447 e. The Bertz CT molecular complexity index is 605. The average molecular weight is 301 g/mol. The molecule has 0 radical (unpaired) electrons. The quantitative estimate of drug-likeness (QED) is 0.806. The molecule has 0 unspecified atom stereocenters. The molecule has 0 amide bonds. The van der Waals surface area contributed by atoms with Gasteiger partial charge in [0.2, 0.25) is 5.09 Å². The van der Waals surface area contributed by atoms with Crippen molar-refractivity contribution in [3.05, 3.63) is 34.5 Å². The van der Waals surface area contributed by atoms with Crippen LogP contribution in [-0.2, 0) is 23.1 Å². The van der Waals surface area contributed by atoms with Crippen LogP contribution in [-0.4, -0.2) is 19.9 Å². The first-order chi connectivity index (χ1) is 9.12. The van der Waals surface area contributed by atoms with Gasteiger partial charge in [0, 0.05) is 5.38 Å². The Morgan fingerprint density at radius 3 is 2.89 bits per heavy atom. The lowest BCUT2D eigenvalue weighted by Gasteiger charge is -2.02. The van der Waals surface area contributed by atoms with Crippen molar-refractivity contribution in [2.24, 2.45) is 0 Å². The molecule has 0 fully saturated rings. The maximum absolute atomic E-state index is 12.0. The van der Waals surface area contributed by atoms with Gasteiger partial charge in [-0.15, -0.1) is 11.3 Å². The lowest BCUT2D eigenvalue weighted by atomic mass is 10.4. The van der Waals surface area contributed by atoms with E-state index >= 15 is 0 Å². The van der Waals surface area contributed by atoms with Gasteiger partial charge in [0.05, 0.1) is 24.3 Å². The van der Waals surface area contributed by atoms with Crippen molar-refractivity contribution in [3.63, 3.8) is 0 Å². The summed E-state index contributed by atoms with van der Waals surface area (Å²) in [6, 6.07) is 3.11. The normalized spacial score (nSPS) is 11.8. The molecule has 0 aromatic carbocycles. The summed E-state index contributed by atoms with van der Waals surface area (Å²) < 4.78 is 31.7.